The second-order valence-corrected chi connectivity index (χ2v) is 4.94. The standard InChI is InChI=1S/C13H17N3O2S.2ClH/c1-9-11(7-12(17)15-5-4-14-2)16-13(18-9)10-3-6-19-8-10;;/h3,6,8,14H,4-5,7H2,1-2H3,(H,15,17);2*1H. The minimum Gasteiger partial charge on any atom is -0.441 e. The average Bonchev–Trinajstić information content (AvgIpc) is 3.00. The van der Waals surface area contributed by atoms with Gasteiger partial charge in [-0.05, 0) is 25.4 Å². The van der Waals surface area contributed by atoms with Crippen molar-refractivity contribution in [3.63, 3.8) is 0 Å². The Balaban J connectivity index is 0.00000200. The predicted molar refractivity (Wildman–Crippen MR) is 89.7 cm³/mol. The zero-order chi connectivity index (χ0) is 13.7. The summed E-state index contributed by atoms with van der Waals surface area (Å²) in [5.41, 5.74) is 1.65. The van der Waals surface area contributed by atoms with Gasteiger partial charge >= 0.3 is 0 Å². The highest BCUT2D eigenvalue weighted by molar-refractivity contribution is 7.08. The van der Waals surface area contributed by atoms with Crippen LogP contribution in [0.1, 0.15) is 11.5 Å². The molecule has 0 spiro atoms. The van der Waals surface area contributed by atoms with Crippen LogP contribution < -0.4 is 10.6 Å². The summed E-state index contributed by atoms with van der Waals surface area (Å²) in [4.78, 5) is 16.1. The number of hydrogen-bond donors (Lipinski definition) is 2. The predicted octanol–water partition coefficient (Wildman–Crippen LogP) is 2.43. The van der Waals surface area contributed by atoms with Gasteiger partial charge in [0.2, 0.25) is 11.8 Å². The lowest BCUT2D eigenvalue weighted by Gasteiger charge is -2.02. The molecule has 5 nitrogen and oxygen atoms in total. The van der Waals surface area contributed by atoms with Crippen molar-refractivity contribution in [2.45, 2.75) is 13.3 Å². The molecular formula is C13H19Cl2N3O2S. The number of carbonyl (C=O) groups is 1. The highest BCUT2D eigenvalue weighted by Crippen LogP contribution is 2.23. The van der Waals surface area contributed by atoms with Crippen molar-refractivity contribution in [2.24, 2.45) is 0 Å². The number of aromatic nitrogens is 1. The van der Waals surface area contributed by atoms with Crippen molar-refractivity contribution in [1.29, 1.82) is 0 Å². The van der Waals surface area contributed by atoms with E-state index in [2.05, 4.69) is 15.6 Å². The van der Waals surface area contributed by atoms with Crippen molar-refractivity contribution in [1.82, 2.24) is 15.6 Å². The molecule has 0 bridgehead atoms. The Morgan fingerprint density at radius 2 is 2.14 bits per heavy atom. The van der Waals surface area contributed by atoms with Gasteiger partial charge in [-0.25, -0.2) is 4.98 Å². The van der Waals surface area contributed by atoms with Crippen LogP contribution in [0.4, 0.5) is 0 Å². The van der Waals surface area contributed by atoms with E-state index in [1.54, 1.807) is 11.3 Å². The van der Waals surface area contributed by atoms with Crippen molar-refractivity contribution < 1.29 is 9.21 Å². The molecule has 8 heteroatoms. The maximum absolute atomic E-state index is 11.7. The zero-order valence-corrected chi connectivity index (χ0v) is 14.3. The number of nitrogens with one attached hydrogen (secondary N) is 2. The van der Waals surface area contributed by atoms with E-state index in [1.165, 1.54) is 0 Å². The molecule has 2 N–H and O–H groups in total. The first-order chi connectivity index (χ1) is 9.20. The van der Waals surface area contributed by atoms with Gasteiger partial charge in [0.05, 0.1) is 12.1 Å². The van der Waals surface area contributed by atoms with Gasteiger partial charge in [-0.15, -0.1) is 24.8 Å². The lowest BCUT2D eigenvalue weighted by molar-refractivity contribution is -0.120. The highest BCUT2D eigenvalue weighted by atomic mass is 35.5. The van der Waals surface area contributed by atoms with Crippen LogP contribution in [0.15, 0.2) is 21.2 Å². The molecule has 0 fully saturated rings. The molecule has 1 amide bonds. The van der Waals surface area contributed by atoms with Crippen molar-refractivity contribution in [3.05, 3.63) is 28.3 Å². The van der Waals surface area contributed by atoms with Gasteiger partial charge in [-0.2, -0.15) is 11.3 Å². The van der Waals surface area contributed by atoms with Gasteiger partial charge in [0, 0.05) is 24.0 Å². The first-order valence-electron chi connectivity index (χ1n) is 6.11. The summed E-state index contributed by atoms with van der Waals surface area (Å²) in [7, 11) is 1.85. The third kappa shape index (κ3) is 5.67. The number of oxazole rings is 1. The first kappa shape index (κ1) is 19.9. The molecule has 0 aliphatic heterocycles. The van der Waals surface area contributed by atoms with Crippen LogP contribution in [0, 0.1) is 6.92 Å². The molecule has 2 heterocycles. The van der Waals surface area contributed by atoms with Crippen LogP contribution in [-0.4, -0.2) is 31.0 Å². The van der Waals surface area contributed by atoms with E-state index in [4.69, 9.17) is 4.42 Å². The third-order valence-electron chi connectivity index (χ3n) is 2.69. The largest absolute Gasteiger partial charge is 0.441 e. The van der Waals surface area contributed by atoms with E-state index in [-0.39, 0.29) is 37.1 Å². The number of carbonyl (C=O) groups excluding carboxylic acids is 1. The summed E-state index contributed by atoms with van der Waals surface area (Å²) < 4.78 is 5.59. The number of amides is 1. The Morgan fingerprint density at radius 3 is 2.76 bits per heavy atom. The topological polar surface area (TPSA) is 67.2 Å². The molecule has 21 heavy (non-hydrogen) atoms. The van der Waals surface area contributed by atoms with E-state index in [1.807, 2.05) is 30.8 Å². The molecular weight excluding hydrogens is 333 g/mol. The number of aryl methyl sites for hydroxylation is 1. The molecule has 0 saturated carbocycles. The third-order valence-corrected chi connectivity index (χ3v) is 3.37. The normalized spacial score (nSPS) is 9.62. The summed E-state index contributed by atoms with van der Waals surface area (Å²) >= 11 is 1.59. The van der Waals surface area contributed by atoms with Crippen LogP contribution >= 0.6 is 36.2 Å². The van der Waals surface area contributed by atoms with Crippen LogP contribution in [0.5, 0.6) is 0 Å². The molecule has 2 aromatic rings. The van der Waals surface area contributed by atoms with Gasteiger partial charge in [-0.1, -0.05) is 0 Å². The minimum absolute atomic E-state index is 0. The van der Waals surface area contributed by atoms with Gasteiger partial charge in [-0.3, -0.25) is 4.79 Å². The molecule has 0 aliphatic rings. The summed E-state index contributed by atoms with van der Waals surface area (Å²) in [6.45, 7) is 3.20. The van der Waals surface area contributed by atoms with Crippen molar-refractivity contribution in [3.8, 4) is 11.5 Å². The molecule has 0 aromatic carbocycles. The van der Waals surface area contributed by atoms with Gasteiger partial charge in [0.1, 0.15) is 5.76 Å². The van der Waals surface area contributed by atoms with E-state index in [0.29, 0.717) is 23.9 Å². The zero-order valence-electron chi connectivity index (χ0n) is 11.8. The summed E-state index contributed by atoms with van der Waals surface area (Å²) in [5.74, 6) is 1.24. The first-order valence-corrected chi connectivity index (χ1v) is 7.05. The Bertz CT molecular complexity index is 544. The Hall–Kier alpha value is -1.08. The lowest BCUT2D eigenvalue weighted by Crippen LogP contribution is -2.31. The van der Waals surface area contributed by atoms with Crippen LogP contribution in [0.3, 0.4) is 0 Å². The smallest absolute Gasteiger partial charge is 0.227 e. The fourth-order valence-corrected chi connectivity index (χ4v) is 2.27. The number of hydrogen-bond acceptors (Lipinski definition) is 5. The molecule has 118 valence electrons. The molecule has 0 saturated heterocycles. The monoisotopic (exact) mass is 351 g/mol. The number of thiophene rings is 1. The Morgan fingerprint density at radius 1 is 1.38 bits per heavy atom. The van der Waals surface area contributed by atoms with Crippen LogP contribution in [0.2, 0.25) is 0 Å². The fourth-order valence-electron chi connectivity index (χ4n) is 1.64. The van der Waals surface area contributed by atoms with Gasteiger partial charge < -0.3 is 15.1 Å². The second-order valence-electron chi connectivity index (χ2n) is 4.16. The van der Waals surface area contributed by atoms with Crippen LogP contribution in [0.25, 0.3) is 11.5 Å². The van der Waals surface area contributed by atoms with E-state index in [0.717, 1.165) is 12.1 Å². The van der Waals surface area contributed by atoms with Gasteiger partial charge in [0.15, 0.2) is 0 Å². The maximum Gasteiger partial charge on any atom is 0.227 e. The quantitative estimate of drug-likeness (QED) is 0.784. The fraction of sp³-hybridized carbons (Fsp3) is 0.385. The Labute approximate surface area is 140 Å². The number of nitrogens with zero attached hydrogens (tertiary/aromatic N) is 1. The number of likely N-dealkylation sites (N-methyl/N-ethyl adjacent to an activating group) is 1. The number of rotatable bonds is 6. The molecule has 2 rings (SSSR count). The summed E-state index contributed by atoms with van der Waals surface area (Å²) in [6.07, 6.45) is 0.253. The van der Waals surface area contributed by atoms with E-state index < -0.39 is 0 Å². The maximum atomic E-state index is 11.7. The average molecular weight is 352 g/mol. The van der Waals surface area contributed by atoms with Crippen LogP contribution in [-0.2, 0) is 11.2 Å². The Kier molecular flexibility index (Phi) is 9.28. The summed E-state index contributed by atoms with van der Waals surface area (Å²) in [6, 6.07) is 1.95. The van der Waals surface area contributed by atoms with E-state index in [9.17, 15) is 4.79 Å². The SMILES string of the molecule is CNCCNC(=O)Cc1nc(-c2ccsc2)oc1C.Cl.Cl. The van der Waals surface area contributed by atoms with Crippen molar-refractivity contribution in [2.75, 3.05) is 20.1 Å². The van der Waals surface area contributed by atoms with Crippen molar-refractivity contribution >= 4 is 42.1 Å². The molecule has 0 radical (unpaired) electrons. The highest BCUT2D eigenvalue weighted by Gasteiger charge is 2.14. The second kappa shape index (κ2) is 9.78. The summed E-state index contributed by atoms with van der Waals surface area (Å²) in [5, 5.41) is 9.74. The lowest BCUT2D eigenvalue weighted by atomic mass is 10.2. The molecule has 0 atom stereocenters. The molecule has 0 aliphatic carbocycles. The minimum atomic E-state index is -0.0384. The molecule has 2 aromatic heterocycles. The molecule has 0 unspecified atom stereocenters. The van der Waals surface area contributed by atoms with Gasteiger partial charge in [0.25, 0.3) is 0 Å². The number of halogens is 2. The van der Waals surface area contributed by atoms with E-state index >= 15 is 0 Å².